The molecule has 120 valence electrons. The molecule has 2 heterocycles. The molecular weight excluding hydrogens is 280 g/mol. The van der Waals surface area contributed by atoms with E-state index in [1.807, 2.05) is 24.3 Å². The first-order chi connectivity index (χ1) is 10.8. The first-order valence-electron chi connectivity index (χ1n) is 8.20. The zero-order chi connectivity index (χ0) is 15.2. The van der Waals surface area contributed by atoms with E-state index in [9.17, 15) is 4.79 Å². The topological polar surface area (TPSA) is 59.6 Å². The van der Waals surface area contributed by atoms with E-state index >= 15 is 0 Å². The summed E-state index contributed by atoms with van der Waals surface area (Å²) >= 11 is 0. The van der Waals surface area contributed by atoms with E-state index in [-0.39, 0.29) is 18.1 Å². The van der Waals surface area contributed by atoms with Crippen molar-refractivity contribution in [3.63, 3.8) is 0 Å². The number of piperidine rings is 1. The predicted molar refractivity (Wildman–Crippen MR) is 85.2 cm³/mol. The van der Waals surface area contributed by atoms with Gasteiger partial charge in [-0.25, -0.2) is 0 Å². The number of rotatable bonds is 5. The molecule has 5 nitrogen and oxygen atoms in total. The van der Waals surface area contributed by atoms with Gasteiger partial charge >= 0.3 is 0 Å². The van der Waals surface area contributed by atoms with Crippen molar-refractivity contribution >= 4 is 11.6 Å². The number of hydrogen-bond donors (Lipinski definition) is 2. The lowest BCUT2D eigenvalue weighted by molar-refractivity contribution is -0.118. The van der Waals surface area contributed by atoms with Crippen LogP contribution in [-0.4, -0.2) is 37.8 Å². The maximum atomic E-state index is 12.2. The Morgan fingerprint density at radius 2 is 2.27 bits per heavy atom. The normalized spacial score (nSPS) is 24.9. The average molecular weight is 304 g/mol. The molecule has 0 aromatic heterocycles. The van der Waals surface area contributed by atoms with Gasteiger partial charge in [0.15, 0.2) is 0 Å². The maximum Gasteiger partial charge on any atom is 0.241 e. The highest BCUT2D eigenvalue weighted by atomic mass is 16.5. The molecule has 0 radical (unpaired) electrons. The molecule has 2 atom stereocenters. The lowest BCUT2D eigenvalue weighted by Crippen LogP contribution is -2.43. The second kappa shape index (κ2) is 7.61. The Kier molecular flexibility index (Phi) is 5.29. The number of benzene rings is 1. The Morgan fingerprint density at radius 1 is 1.32 bits per heavy atom. The summed E-state index contributed by atoms with van der Waals surface area (Å²) in [5, 5.41) is 6.22. The summed E-state index contributed by atoms with van der Waals surface area (Å²) < 4.78 is 11.3. The third-order valence-corrected chi connectivity index (χ3v) is 4.19. The number of anilines is 1. The number of ether oxygens (including phenoxy) is 2. The van der Waals surface area contributed by atoms with Gasteiger partial charge in [-0.05, 0) is 44.4 Å². The van der Waals surface area contributed by atoms with Crippen LogP contribution in [0.3, 0.4) is 0 Å². The Labute approximate surface area is 131 Å². The van der Waals surface area contributed by atoms with E-state index in [0.717, 1.165) is 56.7 Å². The summed E-state index contributed by atoms with van der Waals surface area (Å²) in [6, 6.07) is 7.48. The highest BCUT2D eigenvalue weighted by Crippen LogP contribution is 2.20. The first kappa shape index (κ1) is 15.3. The summed E-state index contributed by atoms with van der Waals surface area (Å²) in [4.78, 5) is 12.2. The van der Waals surface area contributed by atoms with Crippen LogP contribution in [0.4, 0.5) is 5.69 Å². The molecule has 0 saturated carbocycles. The van der Waals surface area contributed by atoms with Crippen LogP contribution in [0.5, 0.6) is 5.75 Å². The third-order valence-electron chi connectivity index (χ3n) is 4.19. The number of hydrogen-bond acceptors (Lipinski definition) is 4. The molecular formula is C17H24N2O3. The van der Waals surface area contributed by atoms with E-state index in [0.29, 0.717) is 6.61 Å². The molecule has 3 rings (SSSR count). The molecule has 1 aromatic carbocycles. The van der Waals surface area contributed by atoms with Gasteiger partial charge in [-0.1, -0.05) is 12.5 Å². The fraction of sp³-hybridized carbons (Fsp3) is 0.588. The van der Waals surface area contributed by atoms with E-state index < -0.39 is 0 Å². The number of amides is 1. The molecule has 0 bridgehead atoms. The van der Waals surface area contributed by atoms with Crippen molar-refractivity contribution in [3.8, 4) is 5.75 Å². The highest BCUT2D eigenvalue weighted by Gasteiger charge is 2.20. The van der Waals surface area contributed by atoms with Crippen molar-refractivity contribution in [3.05, 3.63) is 24.3 Å². The summed E-state index contributed by atoms with van der Waals surface area (Å²) in [6.45, 7) is 2.32. The minimum absolute atomic E-state index is 0.0379. The predicted octanol–water partition coefficient (Wildman–Crippen LogP) is 2.33. The molecule has 0 spiro atoms. The van der Waals surface area contributed by atoms with Crippen LogP contribution in [0.2, 0.25) is 0 Å². The lowest BCUT2D eigenvalue weighted by atomic mass is 10.0. The third kappa shape index (κ3) is 4.21. The van der Waals surface area contributed by atoms with Gasteiger partial charge in [0.25, 0.3) is 0 Å². The minimum Gasteiger partial charge on any atom is -0.491 e. The fourth-order valence-electron chi connectivity index (χ4n) is 2.93. The van der Waals surface area contributed by atoms with E-state index in [1.165, 1.54) is 0 Å². The van der Waals surface area contributed by atoms with Crippen LogP contribution >= 0.6 is 0 Å². The quantitative estimate of drug-likeness (QED) is 0.876. The molecule has 5 heteroatoms. The molecule has 2 N–H and O–H groups in total. The SMILES string of the molecule is O=C(Nc1cccc(OCC2CCCO2)c1)C1CCCCN1. The molecule has 1 amide bonds. The highest BCUT2D eigenvalue weighted by molar-refractivity contribution is 5.95. The maximum absolute atomic E-state index is 12.2. The Bertz CT molecular complexity index is 494. The monoisotopic (exact) mass is 304 g/mol. The Hall–Kier alpha value is -1.59. The Morgan fingerprint density at radius 3 is 3.05 bits per heavy atom. The van der Waals surface area contributed by atoms with Gasteiger partial charge in [-0.15, -0.1) is 0 Å². The zero-order valence-corrected chi connectivity index (χ0v) is 12.8. The van der Waals surface area contributed by atoms with Crippen molar-refractivity contribution in [2.45, 2.75) is 44.2 Å². The molecule has 2 aliphatic rings. The number of carbonyl (C=O) groups is 1. The molecule has 2 aliphatic heterocycles. The molecule has 22 heavy (non-hydrogen) atoms. The second-order valence-electron chi connectivity index (χ2n) is 5.97. The minimum atomic E-state index is -0.0785. The molecule has 2 saturated heterocycles. The first-order valence-corrected chi connectivity index (χ1v) is 8.20. The smallest absolute Gasteiger partial charge is 0.241 e. The summed E-state index contributed by atoms with van der Waals surface area (Å²) in [5.41, 5.74) is 0.780. The van der Waals surface area contributed by atoms with Gasteiger partial charge in [-0.3, -0.25) is 4.79 Å². The largest absolute Gasteiger partial charge is 0.491 e. The van der Waals surface area contributed by atoms with Crippen LogP contribution in [-0.2, 0) is 9.53 Å². The van der Waals surface area contributed by atoms with Gasteiger partial charge < -0.3 is 20.1 Å². The van der Waals surface area contributed by atoms with Crippen molar-refractivity contribution < 1.29 is 14.3 Å². The van der Waals surface area contributed by atoms with Crippen LogP contribution in [0.25, 0.3) is 0 Å². The van der Waals surface area contributed by atoms with E-state index in [4.69, 9.17) is 9.47 Å². The zero-order valence-electron chi connectivity index (χ0n) is 12.8. The van der Waals surface area contributed by atoms with Crippen molar-refractivity contribution in [2.24, 2.45) is 0 Å². The van der Waals surface area contributed by atoms with Crippen LogP contribution in [0.1, 0.15) is 32.1 Å². The van der Waals surface area contributed by atoms with Gasteiger partial charge in [0, 0.05) is 18.4 Å². The lowest BCUT2D eigenvalue weighted by Gasteiger charge is -2.22. The molecule has 1 aromatic rings. The van der Waals surface area contributed by atoms with Crippen LogP contribution in [0, 0.1) is 0 Å². The van der Waals surface area contributed by atoms with Gasteiger partial charge in [0.1, 0.15) is 12.4 Å². The van der Waals surface area contributed by atoms with Crippen LogP contribution in [0.15, 0.2) is 24.3 Å². The standard InChI is InChI=1S/C17H24N2O3/c20-17(16-8-1-2-9-18-16)19-13-5-3-6-14(11-13)22-12-15-7-4-10-21-15/h3,5-6,11,15-16,18H,1-2,4,7-10,12H2,(H,19,20). The Balaban J connectivity index is 1.52. The van der Waals surface area contributed by atoms with E-state index in [2.05, 4.69) is 10.6 Å². The fourth-order valence-corrected chi connectivity index (χ4v) is 2.93. The second-order valence-corrected chi connectivity index (χ2v) is 5.97. The van der Waals surface area contributed by atoms with Gasteiger partial charge in [0.05, 0.1) is 12.1 Å². The van der Waals surface area contributed by atoms with Crippen LogP contribution < -0.4 is 15.4 Å². The van der Waals surface area contributed by atoms with E-state index in [1.54, 1.807) is 0 Å². The molecule has 2 fully saturated rings. The summed E-state index contributed by atoms with van der Waals surface area (Å²) in [5.74, 6) is 0.806. The van der Waals surface area contributed by atoms with Gasteiger partial charge in [-0.2, -0.15) is 0 Å². The van der Waals surface area contributed by atoms with Crippen molar-refractivity contribution in [2.75, 3.05) is 25.1 Å². The number of nitrogens with one attached hydrogen (secondary N) is 2. The van der Waals surface area contributed by atoms with Gasteiger partial charge in [0.2, 0.25) is 5.91 Å². The molecule has 2 unspecified atom stereocenters. The van der Waals surface area contributed by atoms with Crippen molar-refractivity contribution in [1.82, 2.24) is 5.32 Å². The summed E-state index contributed by atoms with van der Waals surface area (Å²) in [6.07, 6.45) is 5.53. The average Bonchev–Trinajstić information content (AvgIpc) is 3.08. The van der Waals surface area contributed by atoms with Crippen molar-refractivity contribution in [1.29, 1.82) is 0 Å². The molecule has 0 aliphatic carbocycles. The summed E-state index contributed by atoms with van der Waals surface area (Å²) in [7, 11) is 0. The number of carbonyl (C=O) groups excluding carboxylic acids is 1.